The van der Waals surface area contributed by atoms with Crippen LogP contribution in [0.15, 0.2) is 48.5 Å². The summed E-state index contributed by atoms with van der Waals surface area (Å²) in [5.74, 6) is -0.914. The fraction of sp³-hybridized carbons (Fsp3) is 0.118. The molecule has 4 nitrogen and oxygen atoms in total. The second-order valence-corrected chi connectivity index (χ2v) is 5.06. The maximum Gasteiger partial charge on any atom is 0.330 e. The third-order valence-electron chi connectivity index (χ3n) is 2.96. The number of hydrogen-bond acceptors (Lipinski definition) is 4. The molecule has 0 amide bonds. The fourth-order valence-corrected chi connectivity index (χ4v) is 1.90. The van der Waals surface area contributed by atoms with Crippen LogP contribution in [0.2, 0.25) is 5.02 Å². The Kier molecular flexibility index (Phi) is 5.44. The summed E-state index contributed by atoms with van der Waals surface area (Å²) in [4.78, 5) is 11.6. The van der Waals surface area contributed by atoms with E-state index in [-0.39, 0.29) is 18.1 Å². The summed E-state index contributed by atoms with van der Waals surface area (Å²) in [5, 5.41) is 19.2. The third kappa shape index (κ3) is 4.82. The van der Waals surface area contributed by atoms with Gasteiger partial charge in [0.25, 0.3) is 0 Å². The number of rotatable bonds is 5. The lowest BCUT2D eigenvalue weighted by Gasteiger charge is -2.03. The number of halogens is 1. The first-order valence-corrected chi connectivity index (χ1v) is 7.03. The smallest absolute Gasteiger partial charge is 0.330 e. The van der Waals surface area contributed by atoms with Crippen molar-refractivity contribution >= 4 is 23.6 Å². The molecule has 0 fully saturated rings. The lowest BCUT2D eigenvalue weighted by Crippen LogP contribution is -2.04. The Morgan fingerprint density at radius 2 is 1.82 bits per heavy atom. The molecule has 0 radical (unpaired) electrons. The molecule has 0 aliphatic carbocycles. The number of carbonyl (C=O) groups is 1. The first-order valence-electron chi connectivity index (χ1n) is 6.66. The van der Waals surface area contributed by atoms with Gasteiger partial charge in [-0.2, -0.15) is 0 Å². The topological polar surface area (TPSA) is 66.8 Å². The number of esters is 1. The molecule has 114 valence electrons. The van der Waals surface area contributed by atoms with Gasteiger partial charge in [-0.05, 0) is 41.5 Å². The molecule has 0 aromatic heterocycles. The summed E-state index contributed by atoms with van der Waals surface area (Å²) in [5.41, 5.74) is 1.62. The lowest BCUT2D eigenvalue weighted by atomic mass is 10.2. The summed E-state index contributed by atoms with van der Waals surface area (Å²) < 4.78 is 5.08. The van der Waals surface area contributed by atoms with Crippen LogP contribution in [0.4, 0.5) is 0 Å². The van der Waals surface area contributed by atoms with E-state index in [0.717, 1.165) is 5.56 Å². The van der Waals surface area contributed by atoms with Gasteiger partial charge >= 0.3 is 5.97 Å². The number of aromatic hydroxyl groups is 2. The van der Waals surface area contributed by atoms with Gasteiger partial charge in [0.15, 0.2) is 11.5 Å². The molecule has 0 bridgehead atoms. The Morgan fingerprint density at radius 1 is 1.09 bits per heavy atom. The van der Waals surface area contributed by atoms with Crippen molar-refractivity contribution < 1.29 is 19.7 Å². The third-order valence-corrected chi connectivity index (χ3v) is 3.21. The number of carbonyl (C=O) groups excluding carboxylic acids is 1. The number of hydrogen-bond donors (Lipinski definition) is 2. The predicted molar refractivity (Wildman–Crippen MR) is 84.9 cm³/mol. The van der Waals surface area contributed by atoms with Crippen LogP contribution in [0.3, 0.4) is 0 Å². The molecule has 5 heteroatoms. The van der Waals surface area contributed by atoms with Crippen LogP contribution >= 0.6 is 11.6 Å². The Labute approximate surface area is 133 Å². The fourth-order valence-electron chi connectivity index (χ4n) is 1.78. The Hall–Kier alpha value is -2.46. The van der Waals surface area contributed by atoms with E-state index in [2.05, 4.69) is 0 Å². The van der Waals surface area contributed by atoms with Gasteiger partial charge in [0.2, 0.25) is 0 Å². The van der Waals surface area contributed by atoms with Gasteiger partial charge in [-0.15, -0.1) is 0 Å². The molecule has 2 N–H and O–H groups in total. The maximum atomic E-state index is 11.6. The number of ether oxygens (including phenoxy) is 1. The minimum absolute atomic E-state index is 0.206. The van der Waals surface area contributed by atoms with Crippen molar-refractivity contribution in [3.8, 4) is 11.5 Å². The Morgan fingerprint density at radius 3 is 2.50 bits per heavy atom. The van der Waals surface area contributed by atoms with Gasteiger partial charge < -0.3 is 14.9 Å². The SMILES string of the molecule is O=C(/C=C/c1ccc(O)c(O)c1)OCCc1ccc(Cl)cc1. The minimum Gasteiger partial charge on any atom is -0.504 e. The van der Waals surface area contributed by atoms with Crippen LogP contribution in [0.25, 0.3) is 6.08 Å². The van der Waals surface area contributed by atoms with Gasteiger partial charge in [-0.3, -0.25) is 0 Å². The van der Waals surface area contributed by atoms with E-state index in [1.54, 1.807) is 18.2 Å². The zero-order valence-electron chi connectivity index (χ0n) is 11.7. The van der Waals surface area contributed by atoms with Crippen molar-refractivity contribution in [2.24, 2.45) is 0 Å². The van der Waals surface area contributed by atoms with Crippen molar-refractivity contribution in [3.05, 3.63) is 64.7 Å². The zero-order chi connectivity index (χ0) is 15.9. The first-order chi connectivity index (χ1) is 10.5. The highest BCUT2D eigenvalue weighted by Gasteiger charge is 2.01. The molecule has 2 rings (SSSR count). The molecule has 2 aromatic rings. The van der Waals surface area contributed by atoms with E-state index in [1.165, 1.54) is 24.3 Å². The average Bonchev–Trinajstić information content (AvgIpc) is 2.50. The Balaban J connectivity index is 1.81. The highest BCUT2D eigenvalue weighted by Crippen LogP contribution is 2.25. The molecular weight excluding hydrogens is 304 g/mol. The molecule has 0 atom stereocenters. The van der Waals surface area contributed by atoms with Crippen molar-refractivity contribution in [2.45, 2.75) is 6.42 Å². The predicted octanol–water partition coefficient (Wildman–Crippen LogP) is 3.55. The molecule has 0 aliphatic heterocycles. The number of phenols is 2. The van der Waals surface area contributed by atoms with E-state index in [0.29, 0.717) is 17.0 Å². The summed E-state index contributed by atoms with van der Waals surface area (Å²) in [6, 6.07) is 11.6. The van der Waals surface area contributed by atoms with Crippen molar-refractivity contribution in [3.63, 3.8) is 0 Å². The lowest BCUT2D eigenvalue weighted by molar-refractivity contribution is -0.137. The normalized spacial score (nSPS) is 10.8. The molecular formula is C17H15ClO4. The molecule has 0 spiro atoms. The molecule has 0 unspecified atom stereocenters. The standard InChI is InChI=1S/C17H15ClO4/c18-14-5-1-12(2-6-14)9-10-22-17(21)8-4-13-3-7-15(19)16(20)11-13/h1-8,11,19-20H,9-10H2/b8-4+. The van der Waals surface area contributed by atoms with Gasteiger partial charge in [0, 0.05) is 17.5 Å². The maximum absolute atomic E-state index is 11.6. The largest absolute Gasteiger partial charge is 0.504 e. The van der Waals surface area contributed by atoms with Crippen molar-refractivity contribution in [1.29, 1.82) is 0 Å². The van der Waals surface area contributed by atoms with Crippen LogP contribution in [0.1, 0.15) is 11.1 Å². The van der Waals surface area contributed by atoms with E-state index in [1.807, 2.05) is 12.1 Å². The summed E-state index contributed by atoms with van der Waals surface area (Å²) in [6.45, 7) is 0.269. The van der Waals surface area contributed by atoms with Gasteiger partial charge in [0.1, 0.15) is 0 Å². The molecule has 0 saturated heterocycles. The molecule has 22 heavy (non-hydrogen) atoms. The first kappa shape index (κ1) is 15.9. The molecule has 0 heterocycles. The van der Waals surface area contributed by atoms with Gasteiger partial charge in [-0.25, -0.2) is 4.79 Å². The van der Waals surface area contributed by atoms with Crippen LogP contribution in [-0.4, -0.2) is 22.8 Å². The highest BCUT2D eigenvalue weighted by molar-refractivity contribution is 6.30. The van der Waals surface area contributed by atoms with Crippen LogP contribution < -0.4 is 0 Å². The summed E-state index contributed by atoms with van der Waals surface area (Å²) in [6.07, 6.45) is 3.38. The summed E-state index contributed by atoms with van der Waals surface area (Å²) in [7, 11) is 0. The van der Waals surface area contributed by atoms with E-state index < -0.39 is 5.97 Å². The van der Waals surface area contributed by atoms with E-state index in [4.69, 9.17) is 16.3 Å². The van der Waals surface area contributed by atoms with Gasteiger partial charge in [-0.1, -0.05) is 29.8 Å². The van der Waals surface area contributed by atoms with Crippen molar-refractivity contribution in [1.82, 2.24) is 0 Å². The molecule has 0 aliphatic rings. The second kappa shape index (κ2) is 7.52. The van der Waals surface area contributed by atoms with Crippen molar-refractivity contribution in [2.75, 3.05) is 6.61 Å². The molecule has 0 saturated carbocycles. The van der Waals surface area contributed by atoms with Crippen LogP contribution in [0.5, 0.6) is 11.5 Å². The van der Waals surface area contributed by atoms with Gasteiger partial charge in [0.05, 0.1) is 6.61 Å². The second-order valence-electron chi connectivity index (χ2n) is 4.63. The summed E-state index contributed by atoms with van der Waals surface area (Å²) >= 11 is 5.79. The van der Waals surface area contributed by atoms with E-state index >= 15 is 0 Å². The quantitative estimate of drug-likeness (QED) is 0.502. The monoisotopic (exact) mass is 318 g/mol. The highest BCUT2D eigenvalue weighted by atomic mass is 35.5. The Bertz CT molecular complexity index is 678. The average molecular weight is 319 g/mol. The van der Waals surface area contributed by atoms with E-state index in [9.17, 15) is 15.0 Å². The number of benzene rings is 2. The zero-order valence-corrected chi connectivity index (χ0v) is 12.5. The number of phenolic OH excluding ortho intramolecular Hbond substituents is 2. The van der Waals surface area contributed by atoms with Crippen LogP contribution in [-0.2, 0) is 16.0 Å². The minimum atomic E-state index is -0.471. The van der Waals surface area contributed by atoms with Crippen LogP contribution in [0, 0.1) is 0 Å². The molecule has 2 aromatic carbocycles.